The van der Waals surface area contributed by atoms with Crippen LogP contribution in [0.2, 0.25) is 0 Å². The summed E-state index contributed by atoms with van der Waals surface area (Å²) in [6.07, 6.45) is -0.924. The first kappa shape index (κ1) is 38.0. The van der Waals surface area contributed by atoms with Crippen LogP contribution in [-0.2, 0) is 16.0 Å². The van der Waals surface area contributed by atoms with Crippen molar-refractivity contribution < 1.29 is 36.6 Å². The molecule has 6 nitrogen and oxygen atoms in total. The molecule has 2 unspecified atom stereocenters. The Balaban J connectivity index is 1.79. The zero-order valence-corrected chi connectivity index (χ0v) is 29.4. The van der Waals surface area contributed by atoms with Crippen molar-refractivity contribution in [3.8, 4) is 22.6 Å². The topological polar surface area (TPSA) is 75.0 Å². The maximum absolute atomic E-state index is 13.5. The summed E-state index contributed by atoms with van der Waals surface area (Å²) >= 11 is 0. The normalized spacial score (nSPS) is 14.5. The van der Waals surface area contributed by atoms with Gasteiger partial charge in [-0.2, -0.15) is 13.2 Å². The number of unbranched alkanes of at least 4 members (excludes halogenated alkanes) is 2. The van der Waals surface area contributed by atoms with Crippen molar-refractivity contribution in [2.75, 3.05) is 20.3 Å². The number of esters is 1. The molecule has 2 aromatic carbocycles. The van der Waals surface area contributed by atoms with Gasteiger partial charge in [-0.25, -0.2) is 4.79 Å². The largest absolute Gasteiger partial charge is 0.496 e. The summed E-state index contributed by atoms with van der Waals surface area (Å²) in [5, 5.41) is 0.613. The molecule has 0 saturated heterocycles. The number of methoxy groups -OCH3 is 1. The summed E-state index contributed by atoms with van der Waals surface area (Å²) in [6, 6.07) is 12.3. The van der Waals surface area contributed by atoms with E-state index in [1.807, 2.05) is 66.7 Å². The van der Waals surface area contributed by atoms with Crippen LogP contribution in [0.1, 0.15) is 93.1 Å². The smallest absolute Gasteiger partial charge is 0.389 e. The molecule has 0 aliphatic carbocycles. The minimum absolute atomic E-state index is 0.202. The Labute approximate surface area is 277 Å². The Kier molecular flexibility index (Phi) is 12.2. The van der Waals surface area contributed by atoms with Gasteiger partial charge in [0, 0.05) is 22.9 Å². The van der Waals surface area contributed by atoms with E-state index in [0.29, 0.717) is 28.7 Å². The minimum atomic E-state index is -4.49. The molecule has 3 rings (SSSR count). The highest BCUT2D eigenvalue weighted by atomic mass is 19.4. The van der Waals surface area contributed by atoms with Crippen LogP contribution >= 0.6 is 0 Å². The standard InChI is InChI=1S/C38H51F3O6/c1-10-11-12-13-25-14-17-29(32(18-25)44-9)30-19-27-15-16-28(20-31(27)47-33(30)42)45-22-26(21-38(39,40)41)23-46-34(43)37(8,36(5,6)7)24-35(2,3)4/h14-20,26H,10-13,21-24H2,1-9H3. The second-order valence-electron chi connectivity index (χ2n) is 15.1. The van der Waals surface area contributed by atoms with Gasteiger partial charge < -0.3 is 18.6 Å². The lowest BCUT2D eigenvalue weighted by Crippen LogP contribution is -2.45. The fourth-order valence-electron chi connectivity index (χ4n) is 5.83. The van der Waals surface area contributed by atoms with E-state index in [1.165, 1.54) is 6.07 Å². The first-order chi connectivity index (χ1) is 21.8. The van der Waals surface area contributed by atoms with E-state index in [2.05, 4.69) is 6.92 Å². The van der Waals surface area contributed by atoms with E-state index in [1.54, 1.807) is 25.3 Å². The van der Waals surface area contributed by atoms with Crippen molar-refractivity contribution >= 4 is 16.9 Å². The number of rotatable bonds is 14. The van der Waals surface area contributed by atoms with Crippen molar-refractivity contribution in [3.05, 3.63) is 58.4 Å². The Morgan fingerprint density at radius 1 is 0.894 bits per heavy atom. The molecule has 0 fully saturated rings. The molecule has 0 aliphatic rings. The molecule has 260 valence electrons. The number of hydrogen-bond acceptors (Lipinski definition) is 6. The average Bonchev–Trinajstić information content (AvgIpc) is 2.96. The van der Waals surface area contributed by atoms with Crippen molar-refractivity contribution in [2.45, 2.75) is 100 Å². The molecule has 1 heterocycles. The SMILES string of the molecule is CCCCCc1ccc(-c2cc3ccc(OCC(COC(=O)C(C)(CC(C)(C)C)C(C)(C)C)CC(F)(F)F)cc3oc2=O)c(OC)c1. The van der Waals surface area contributed by atoms with Gasteiger partial charge >= 0.3 is 17.8 Å². The molecule has 2 atom stereocenters. The van der Waals surface area contributed by atoms with E-state index in [9.17, 15) is 22.8 Å². The first-order valence-electron chi connectivity index (χ1n) is 16.4. The molecule has 0 N–H and O–H groups in total. The molecule has 0 aliphatic heterocycles. The fourth-order valence-corrected chi connectivity index (χ4v) is 5.83. The number of halogens is 3. The zero-order chi connectivity index (χ0) is 35.2. The Morgan fingerprint density at radius 3 is 2.19 bits per heavy atom. The molecular formula is C38H51F3O6. The van der Waals surface area contributed by atoms with E-state index in [0.717, 1.165) is 31.2 Å². The fraction of sp³-hybridized carbons (Fsp3) is 0.579. The summed E-state index contributed by atoms with van der Waals surface area (Å²) < 4.78 is 63.1. The highest BCUT2D eigenvalue weighted by Gasteiger charge is 2.48. The summed E-state index contributed by atoms with van der Waals surface area (Å²) in [5.41, 5.74) is 0.125. The maximum Gasteiger partial charge on any atom is 0.389 e. The molecule has 1 aromatic heterocycles. The zero-order valence-electron chi connectivity index (χ0n) is 29.4. The van der Waals surface area contributed by atoms with Gasteiger partial charge in [-0.05, 0) is 66.8 Å². The van der Waals surface area contributed by atoms with Gasteiger partial charge in [0.25, 0.3) is 0 Å². The van der Waals surface area contributed by atoms with Crippen molar-refractivity contribution in [2.24, 2.45) is 22.2 Å². The van der Waals surface area contributed by atoms with Crippen molar-refractivity contribution in [3.63, 3.8) is 0 Å². The van der Waals surface area contributed by atoms with Gasteiger partial charge in [0.1, 0.15) is 17.1 Å². The Morgan fingerprint density at radius 2 is 1.60 bits per heavy atom. The van der Waals surface area contributed by atoms with Gasteiger partial charge in [-0.15, -0.1) is 0 Å². The van der Waals surface area contributed by atoms with Crippen LogP contribution in [-0.4, -0.2) is 32.5 Å². The maximum atomic E-state index is 13.5. The number of carbonyl (C=O) groups is 1. The van der Waals surface area contributed by atoms with Gasteiger partial charge in [-0.1, -0.05) is 73.4 Å². The summed E-state index contributed by atoms with van der Waals surface area (Å²) in [5.74, 6) is -0.866. The summed E-state index contributed by atoms with van der Waals surface area (Å²) in [7, 11) is 1.56. The van der Waals surface area contributed by atoms with E-state index in [4.69, 9.17) is 18.6 Å². The van der Waals surface area contributed by atoms with Crippen LogP contribution in [0, 0.1) is 22.2 Å². The predicted molar refractivity (Wildman–Crippen MR) is 180 cm³/mol. The van der Waals surface area contributed by atoms with E-state index >= 15 is 0 Å². The second kappa shape index (κ2) is 15.2. The van der Waals surface area contributed by atoms with Crippen molar-refractivity contribution in [1.29, 1.82) is 0 Å². The number of benzene rings is 2. The molecule has 0 saturated carbocycles. The van der Waals surface area contributed by atoms with Gasteiger partial charge in [-0.3, -0.25) is 4.79 Å². The van der Waals surface area contributed by atoms with Crippen LogP contribution in [0.5, 0.6) is 11.5 Å². The molecule has 47 heavy (non-hydrogen) atoms. The number of aryl methyl sites for hydroxylation is 1. The molecule has 3 aromatic rings. The summed E-state index contributed by atoms with van der Waals surface area (Å²) in [6.45, 7) is 15.0. The second-order valence-corrected chi connectivity index (χ2v) is 15.1. The highest BCUT2D eigenvalue weighted by Crippen LogP contribution is 2.47. The predicted octanol–water partition coefficient (Wildman–Crippen LogP) is 10.2. The lowest BCUT2D eigenvalue weighted by Gasteiger charge is -2.43. The highest BCUT2D eigenvalue weighted by molar-refractivity contribution is 5.84. The monoisotopic (exact) mass is 660 g/mol. The third-order valence-electron chi connectivity index (χ3n) is 8.78. The molecule has 0 amide bonds. The van der Waals surface area contributed by atoms with Gasteiger partial charge in [0.2, 0.25) is 0 Å². The Bertz CT molecular complexity index is 1560. The molecule has 0 radical (unpaired) electrons. The van der Waals surface area contributed by atoms with Crippen LogP contribution in [0.25, 0.3) is 22.1 Å². The first-order valence-corrected chi connectivity index (χ1v) is 16.4. The van der Waals surface area contributed by atoms with E-state index < -0.39 is 47.5 Å². The average molecular weight is 661 g/mol. The lowest BCUT2D eigenvalue weighted by molar-refractivity contribution is -0.173. The minimum Gasteiger partial charge on any atom is -0.496 e. The molecule has 0 spiro atoms. The Hall–Kier alpha value is -3.49. The molecule has 9 heteroatoms. The number of carbonyl (C=O) groups excluding carboxylic acids is 1. The van der Waals surface area contributed by atoms with Crippen LogP contribution in [0.15, 0.2) is 51.7 Å². The van der Waals surface area contributed by atoms with Gasteiger partial charge in [0.05, 0.1) is 37.7 Å². The van der Waals surface area contributed by atoms with Crippen molar-refractivity contribution in [1.82, 2.24) is 0 Å². The van der Waals surface area contributed by atoms with Gasteiger partial charge in [0.15, 0.2) is 0 Å². The van der Waals surface area contributed by atoms with Crippen LogP contribution in [0.3, 0.4) is 0 Å². The third-order valence-corrected chi connectivity index (χ3v) is 8.78. The van der Waals surface area contributed by atoms with E-state index in [-0.39, 0.29) is 23.4 Å². The number of hydrogen-bond donors (Lipinski definition) is 0. The molecular weight excluding hydrogens is 609 g/mol. The summed E-state index contributed by atoms with van der Waals surface area (Å²) in [4.78, 5) is 26.4. The van der Waals surface area contributed by atoms with Crippen LogP contribution in [0.4, 0.5) is 13.2 Å². The number of alkyl halides is 3. The quantitative estimate of drug-likeness (QED) is 0.0973. The number of fused-ring (bicyclic) bond motifs is 1. The third kappa shape index (κ3) is 10.5. The lowest BCUT2D eigenvalue weighted by atomic mass is 9.61. The number of ether oxygens (including phenoxy) is 3. The molecule has 0 bridgehead atoms. The van der Waals surface area contributed by atoms with Crippen LogP contribution < -0.4 is 15.1 Å².